The van der Waals surface area contributed by atoms with Crippen molar-refractivity contribution < 1.29 is 13.9 Å². The number of ether oxygens (including phenoxy) is 1. The summed E-state index contributed by atoms with van der Waals surface area (Å²) in [6, 6.07) is 19.2. The second kappa shape index (κ2) is 6.68. The molecule has 0 unspecified atom stereocenters. The maximum absolute atomic E-state index is 13.3. The summed E-state index contributed by atoms with van der Waals surface area (Å²) in [4.78, 5) is 16.7. The van der Waals surface area contributed by atoms with Crippen LogP contribution in [-0.2, 0) is 0 Å². The number of amides is 1. The van der Waals surface area contributed by atoms with E-state index in [0.717, 1.165) is 0 Å². The number of rotatable bonds is 4. The number of para-hydroxylation sites is 3. The first-order valence-electron chi connectivity index (χ1n) is 7.96. The zero-order valence-electron chi connectivity index (χ0n) is 13.6. The second-order valence-electron chi connectivity index (χ2n) is 5.60. The number of nitrogens with one attached hydrogen (secondary N) is 1. The molecule has 2 aromatic heterocycles. The number of hydrogen-bond acceptors (Lipinski definition) is 3. The van der Waals surface area contributed by atoms with Crippen LogP contribution < -0.4 is 10.1 Å². The minimum atomic E-state index is -0.404. The lowest BCUT2D eigenvalue weighted by atomic mass is 10.2. The average molecular weight is 347 g/mol. The number of carbonyl (C=O) groups excluding carboxylic acids is 1. The molecule has 0 aliphatic heterocycles. The number of anilines is 1. The van der Waals surface area contributed by atoms with Crippen LogP contribution in [0.4, 0.5) is 10.1 Å². The molecule has 0 spiro atoms. The number of imidazole rings is 1. The lowest BCUT2D eigenvalue weighted by Gasteiger charge is -2.11. The molecule has 1 N–H and O–H groups in total. The maximum Gasteiger partial charge on any atom is 0.275 e. The summed E-state index contributed by atoms with van der Waals surface area (Å²) in [5.41, 5.74) is 1.19. The highest BCUT2D eigenvalue weighted by molar-refractivity contribution is 6.04. The molecule has 0 saturated heterocycles. The zero-order chi connectivity index (χ0) is 17.9. The molecule has 0 aliphatic rings. The van der Waals surface area contributed by atoms with E-state index in [4.69, 9.17) is 4.74 Å². The van der Waals surface area contributed by atoms with E-state index in [0.29, 0.717) is 22.8 Å². The molecule has 4 rings (SSSR count). The van der Waals surface area contributed by atoms with E-state index in [1.54, 1.807) is 18.2 Å². The van der Waals surface area contributed by atoms with Crippen LogP contribution in [0.2, 0.25) is 0 Å². The lowest BCUT2D eigenvalue weighted by Crippen LogP contribution is -2.12. The van der Waals surface area contributed by atoms with E-state index in [2.05, 4.69) is 10.3 Å². The predicted octanol–water partition coefficient (Wildman–Crippen LogP) is 4.52. The predicted molar refractivity (Wildman–Crippen MR) is 96.1 cm³/mol. The zero-order valence-corrected chi connectivity index (χ0v) is 13.6. The van der Waals surface area contributed by atoms with Gasteiger partial charge in [-0.25, -0.2) is 9.37 Å². The summed E-state index contributed by atoms with van der Waals surface area (Å²) in [6.07, 6.45) is 2.75. The molecular weight excluding hydrogens is 333 g/mol. The first kappa shape index (κ1) is 15.8. The molecule has 0 aliphatic carbocycles. The molecule has 0 atom stereocenters. The van der Waals surface area contributed by atoms with E-state index >= 15 is 0 Å². The van der Waals surface area contributed by atoms with Gasteiger partial charge in [0.15, 0.2) is 5.75 Å². The van der Waals surface area contributed by atoms with Gasteiger partial charge in [0, 0.05) is 12.4 Å². The topological polar surface area (TPSA) is 55.6 Å². The smallest absolute Gasteiger partial charge is 0.275 e. The Morgan fingerprint density at radius 1 is 0.962 bits per heavy atom. The lowest BCUT2D eigenvalue weighted by molar-refractivity contribution is 0.102. The first-order valence-corrected chi connectivity index (χ1v) is 7.96. The number of halogens is 1. The van der Waals surface area contributed by atoms with Crippen molar-refractivity contribution in [2.24, 2.45) is 0 Å². The van der Waals surface area contributed by atoms with Crippen molar-refractivity contribution in [3.05, 3.63) is 90.6 Å². The van der Waals surface area contributed by atoms with Gasteiger partial charge in [0.1, 0.15) is 22.9 Å². The van der Waals surface area contributed by atoms with Crippen molar-refractivity contribution >= 4 is 17.2 Å². The summed E-state index contributed by atoms with van der Waals surface area (Å²) < 4.78 is 20.6. The summed E-state index contributed by atoms with van der Waals surface area (Å²) >= 11 is 0. The third-order valence-electron chi connectivity index (χ3n) is 3.75. The van der Waals surface area contributed by atoms with E-state index in [1.165, 1.54) is 28.9 Å². The Labute approximate surface area is 148 Å². The SMILES string of the molecule is O=C(Nc1ccccc1Oc1ccccc1)c1cn2cc(F)ccc2n1. The van der Waals surface area contributed by atoms with Gasteiger partial charge in [0.25, 0.3) is 5.91 Å². The van der Waals surface area contributed by atoms with Crippen molar-refractivity contribution in [2.45, 2.75) is 0 Å². The number of benzene rings is 2. The molecule has 0 bridgehead atoms. The molecule has 26 heavy (non-hydrogen) atoms. The molecule has 2 aromatic carbocycles. The standard InChI is InChI=1S/C20H14FN3O2/c21-14-10-11-19-22-17(13-24(19)12-14)20(25)23-16-8-4-5-9-18(16)26-15-6-2-1-3-7-15/h1-13H,(H,23,25). The highest BCUT2D eigenvalue weighted by atomic mass is 19.1. The van der Waals surface area contributed by atoms with Crippen LogP contribution in [0.25, 0.3) is 5.65 Å². The van der Waals surface area contributed by atoms with Crippen molar-refractivity contribution in [3.63, 3.8) is 0 Å². The summed E-state index contributed by atoms with van der Waals surface area (Å²) in [5, 5.41) is 2.79. The normalized spacial score (nSPS) is 10.7. The van der Waals surface area contributed by atoms with Gasteiger partial charge in [0.2, 0.25) is 0 Å². The van der Waals surface area contributed by atoms with Gasteiger partial charge >= 0.3 is 0 Å². The van der Waals surface area contributed by atoms with E-state index in [1.807, 2.05) is 36.4 Å². The van der Waals surface area contributed by atoms with Gasteiger partial charge in [-0.1, -0.05) is 30.3 Å². The van der Waals surface area contributed by atoms with Crippen LogP contribution in [0, 0.1) is 5.82 Å². The molecular formula is C20H14FN3O2. The molecule has 0 saturated carbocycles. The highest BCUT2D eigenvalue weighted by Crippen LogP contribution is 2.29. The van der Waals surface area contributed by atoms with Crippen LogP contribution in [0.15, 0.2) is 79.1 Å². The van der Waals surface area contributed by atoms with E-state index in [9.17, 15) is 9.18 Å². The van der Waals surface area contributed by atoms with Gasteiger partial charge < -0.3 is 14.5 Å². The Balaban J connectivity index is 1.59. The van der Waals surface area contributed by atoms with Crippen LogP contribution in [0.5, 0.6) is 11.5 Å². The molecule has 6 heteroatoms. The molecule has 5 nitrogen and oxygen atoms in total. The quantitative estimate of drug-likeness (QED) is 0.591. The number of aromatic nitrogens is 2. The Morgan fingerprint density at radius 3 is 2.58 bits per heavy atom. The Hall–Kier alpha value is -3.67. The molecule has 128 valence electrons. The average Bonchev–Trinajstić information content (AvgIpc) is 3.07. The van der Waals surface area contributed by atoms with Crippen LogP contribution in [0.1, 0.15) is 10.5 Å². The number of nitrogens with zero attached hydrogens (tertiary/aromatic N) is 2. The summed E-state index contributed by atoms with van der Waals surface area (Å²) in [7, 11) is 0. The molecule has 1 amide bonds. The third kappa shape index (κ3) is 3.25. The molecule has 4 aromatic rings. The largest absolute Gasteiger partial charge is 0.455 e. The first-order chi connectivity index (χ1) is 12.7. The molecule has 0 fully saturated rings. The Bertz CT molecular complexity index is 1080. The Kier molecular flexibility index (Phi) is 4.07. The minimum Gasteiger partial charge on any atom is -0.455 e. The minimum absolute atomic E-state index is 0.185. The van der Waals surface area contributed by atoms with Gasteiger partial charge in [-0.3, -0.25) is 4.79 Å². The number of carbonyl (C=O) groups is 1. The summed E-state index contributed by atoms with van der Waals surface area (Å²) in [5.74, 6) is 0.376. The number of pyridine rings is 1. The Morgan fingerprint density at radius 2 is 1.73 bits per heavy atom. The highest BCUT2D eigenvalue weighted by Gasteiger charge is 2.14. The third-order valence-corrected chi connectivity index (χ3v) is 3.75. The van der Waals surface area contributed by atoms with Crippen LogP contribution in [-0.4, -0.2) is 15.3 Å². The molecule has 2 heterocycles. The molecule has 0 radical (unpaired) electrons. The van der Waals surface area contributed by atoms with E-state index in [-0.39, 0.29) is 5.69 Å². The number of fused-ring (bicyclic) bond motifs is 1. The van der Waals surface area contributed by atoms with Gasteiger partial charge in [0.05, 0.1) is 5.69 Å². The van der Waals surface area contributed by atoms with Crippen LogP contribution >= 0.6 is 0 Å². The van der Waals surface area contributed by atoms with Crippen molar-refractivity contribution in [1.82, 2.24) is 9.38 Å². The van der Waals surface area contributed by atoms with E-state index < -0.39 is 11.7 Å². The van der Waals surface area contributed by atoms with Gasteiger partial charge in [-0.15, -0.1) is 0 Å². The summed E-state index contributed by atoms with van der Waals surface area (Å²) in [6.45, 7) is 0. The number of hydrogen-bond donors (Lipinski definition) is 1. The second-order valence-corrected chi connectivity index (χ2v) is 5.60. The van der Waals surface area contributed by atoms with Crippen LogP contribution in [0.3, 0.4) is 0 Å². The maximum atomic E-state index is 13.3. The van der Waals surface area contributed by atoms with Crippen molar-refractivity contribution in [1.29, 1.82) is 0 Å². The monoisotopic (exact) mass is 347 g/mol. The van der Waals surface area contributed by atoms with Crippen molar-refractivity contribution in [2.75, 3.05) is 5.32 Å². The van der Waals surface area contributed by atoms with Gasteiger partial charge in [-0.05, 0) is 36.4 Å². The fourth-order valence-corrected chi connectivity index (χ4v) is 2.53. The van der Waals surface area contributed by atoms with Gasteiger partial charge in [-0.2, -0.15) is 0 Å². The fourth-order valence-electron chi connectivity index (χ4n) is 2.53. The fraction of sp³-hybridized carbons (Fsp3) is 0. The van der Waals surface area contributed by atoms with Crippen molar-refractivity contribution in [3.8, 4) is 11.5 Å².